The summed E-state index contributed by atoms with van der Waals surface area (Å²) in [6.07, 6.45) is 6.50. The van der Waals surface area contributed by atoms with Crippen LogP contribution >= 0.6 is 0 Å². The molecule has 8 heteroatoms. The van der Waals surface area contributed by atoms with Gasteiger partial charge in [-0.25, -0.2) is 4.52 Å². The molecule has 3 N–H and O–H groups in total. The van der Waals surface area contributed by atoms with Gasteiger partial charge in [-0.1, -0.05) is 19.1 Å². The Hall–Kier alpha value is -3.67. The van der Waals surface area contributed by atoms with Crippen molar-refractivity contribution in [1.29, 1.82) is 10.7 Å². The average molecular weight is 458 g/mol. The maximum Gasteiger partial charge on any atom is 0.103 e. The quantitative estimate of drug-likeness (QED) is 0.450. The molecule has 3 aromatic rings. The lowest BCUT2D eigenvalue weighted by Crippen LogP contribution is -2.44. The summed E-state index contributed by atoms with van der Waals surface area (Å²) >= 11 is 0. The van der Waals surface area contributed by atoms with Crippen LogP contribution in [0.15, 0.2) is 48.9 Å². The number of likely N-dealkylation sites (N-methyl/N-ethyl adjacent to an activating group) is 1. The average Bonchev–Trinajstić information content (AvgIpc) is 3.29. The largest absolute Gasteiger partial charge is 0.396 e. The Labute approximate surface area is 200 Å². The maximum absolute atomic E-state index is 9.66. The van der Waals surface area contributed by atoms with E-state index in [1.165, 1.54) is 11.9 Å². The second-order valence-electron chi connectivity index (χ2n) is 8.88. The zero-order valence-corrected chi connectivity index (χ0v) is 19.7. The number of aliphatic hydroxyl groups excluding tert-OH is 1. The van der Waals surface area contributed by atoms with Gasteiger partial charge in [0.2, 0.25) is 0 Å². The highest BCUT2D eigenvalue weighted by Gasteiger charge is 2.17. The van der Waals surface area contributed by atoms with E-state index < -0.39 is 0 Å². The number of hydrogen-bond donors (Lipinski definition) is 3. The van der Waals surface area contributed by atoms with Gasteiger partial charge in [0.25, 0.3) is 0 Å². The van der Waals surface area contributed by atoms with Gasteiger partial charge in [0.15, 0.2) is 0 Å². The molecule has 1 fully saturated rings. The molecule has 2 aromatic heterocycles. The highest BCUT2D eigenvalue weighted by molar-refractivity contribution is 6.09. The van der Waals surface area contributed by atoms with Crippen molar-refractivity contribution in [2.24, 2.45) is 5.92 Å². The van der Waals surface area contributed by atoms with E-state index in [0.29, 0.717) is 17.7 Å². The number of nitrogens with one attached hydrogen (secondary N) is 2. The van der Waals surface area contributed by atoms with Gasteiger partial charge in [-0.05, 0) is 36.7 Å². The van der Waals surface area contributed by atoms with Gasteiger partial charge in [0.1, 0.15) is 6.07 Å². The monoisotopic (exact) mass is 457 g/mol. The molecular formula is C26H31N7O. The Balaban J connectivity index is 1.71. The summed E-state index contributed by atoms with van der Waals surface area (Å²) in [5, 5.41) is 34.4. The number of aromatic nitrogens is 2. The van der Waals surface area contributed by atoms with Crippen LogP contribution in [0, 0.1) is 22.7 Å². The van der Waals surface area contributed by atoms with Crippen molar-refractivity contribution in [2.75, 3.05) is 51.3 Å². The number of fused-ring (bicyclic) bond motifs is 1. The van der Waals surface area contributed by atoms with Crippen LogP contribution in [0.25, 0.3) is 22.2 Å². The summed E-state index contributed by atoms with van der Waals surface area (Å²) in [6, 6.07) is 12.7. The Morgan fingerprint density at radius 2 is 2.00 bits per heavy atom. The molecule has 1 atom stereocenters. The number of benzene rings is 1. The van der Waals surface area contributed by atoms with E-state index in [4.69, 9.17) is 5.41 Å². The molecule has 1 aliphatic rings. The summed E-state index contributed by atoms with van der Waals surface area (Å²) in [6.45, 7) is 6.78. The summed E-state index contributed by atoms with van der Waals surface area (Å²) in [4.78, 5) is 4.73. The molecule has 0 radical (unpaired) electrons. The molecular weight excluding hydrogens is 426 g/mol. The molecule has 0 bridgehead atoms. The molecule has 0 aliphatic carbocycles. The van der Waals surface area contributed by atoms with Crippen LogP contribution in [0.5, 0.6) is 0 Å². The summed E-state index contributed by atoms with van der Waals surface area (Å²) in [5.74, 6) is 0.115. The van der Waals surface area contributed by atoms with Crippen molar-refractivity contribution in [2.45, 2.75) is 6.92 Å². The van der Waals surface area contributed by atoms with Gasteiger partial charge in [0.05, 0.1) is 17.3 Å². The van der Waals surface area contributed by atoms with Crippen molar-refractivity contribution >= 4 is 23.0 Å². The number of allylic oxidation sites excluding steroid dienone is 1. The zero-order chi connectivity index (χ0) is 24.1. The topological polar surface area (TPSA) is 104 Å². The van der Waals surface area contributed by atoms with Gasteiger partial charge in [-0.15, -0.1) is 0 Å². The van der Waals surface area contributed by atoms with E-state index >= 15 is 0 Å². The normalized spacial score (nSPS) is 15.8. The molecule has 1 saturated heterocycles. The predicted molar refractivity (Wildman–Crippen MR) is 136 cm³/mol. The van der Waals surface area contributed by atoms with Crippen molar-refractivity contribution in [3.05, 3.63) is 60.1 Å². The summed E-state index contributed by atoms with van der Waals surface area (Å²) in [5.41, 5.74) is 5.86. The minimum Gasteiger partial charge on any atom is -0.396 e. The van der Waals surface area contributed by atoms with E-state index in [2.05, 4.69) is 57.6 Å². The molecule has 3 heterocycles. The second-order valence-corrected chi connectivity index (χ2v) is 8.88. The van der Waals surface area contributed by atoms with Crippen LogP contribution in [0.3, 0.4) is 0 Å². The Kier molecular flexibility index (Phi) is 7.26. The lowest BCUT2D eigenvalue weighted by Gasteiger charge is -2.34. The lowest BCUT2D eigenvalue weighted by atomic mass is 9.99. The Morgan fingerprint density at radius 3 is 2.65 bits per heavy atom. The van der Waals surface area contributed by atoms with Crippen LogP contribution in [-0.4, -0.2) is 72.2 Å². The van der Waals surface area contributed by atoms with Crippen LogP contribution in [0.4, 0.5) is 5.69 Å². The number of nitrogens with zero attached hydrogens (tertiary/aromatic N) is 5. The van der Waals surface area contributed by atoms with Crippen molar-refractivity contribution in [1.82, 2.24) is 19.8 Å². The summed E-state index contributed by atoms with van der Waals surface area (Å²) in [7, 11) is 2.15. The van der Waals surface area contributed by atoms with E-state index in [1.54, 1.807) is 16.9 Å². The third kappa shape index (κ3) is 4.96. The molecule has 34 heavy (non-hydrogen) atoms. The minimum absolute atomic E-state index is 0.102. The van der Waals surface area contributed by atoms with Crippen molar-refractivity contribution in [3.63, 3.8) is 0 Å². The standard InChI is InChI=1S/C26H31N7O/c1-19(18-34)14-29-15-22(12-27)21-11-25(26-23(13-28)16-30-33(26)17-21)20-3-5-24(6-4-20)32-9-7-31(2)8-10-32/h3-6,11-12,15-17,19,27,29,34H,7-10,14,18H2,1-2H3/b22-15+,27-12?. The predicted octanol–water partition coefficient (Wildman–Crippen LogP) is 2.83. The molecule has 176 valence electrons. The molecule has 1 unspecified atom stereocenters. The first-order valence-corrected chi connectivity index (χ1v) is 11.5. The number of aliphatic hydroxyl groups is 1. The number of anilines is 1. The van der Waals surface area contributed by atoms with Crippen LogP contribution in [-0.2, 0) is 0 Å². The molecule has 8 nitrogen and oxygen atoms in total. The van der Waals surface area contributed by atoms with Crippen LogP contribution < -0.4 is 10.2 Å². The van der Waals surface area contributed by atoms with E-state index in [-0.39, 0.29) is 12.5 Å². The third-order valence-corrected chi connectivity index (χ3v) is 6.30. The maximum atomic E-state index is 9.66. The number of nitriles is 1. The highest BCUT2D eigenvalue weighted by Crippen LogP contribution is 2.31. The molecule has 1 aliphatic heterocycles. The minimum atomic E-state index is 0.102. The zero-order valence-electron chi connectivity index (χ0n) is 19.7. The molecule has 4 rings (SSSR count). The molecule has 0 saturated carbocycles. The van der Waals surface area contributed by atoms with Crippen molar-refractivity contribution < 1.29 is 5.11 Å². The smallest absolute Gasteiger partial charge is 0.103 e. The van der Waals surface area contributed by atoms with Crippen LogP contribution in [0.1, 0.15) is 18.1 Å². The summed E-state index contributed by atoms with van der Waals surface area (Å²) < 4.78 is 1.71. The van der Waals surface area contributed by atoms with Gasteiger partial charge in [-0.2, -0.15) is 10.4 Å². The molecule has 1 aromatic carbocycles. The van der Waals surface area contributed by atoms with Gasteiger partial charge in [-0.3, -0.25) is 0 Å². The van der Waals surface area contributed by atoms with E-state index in [0.717, 1.165) is 48.4 Å². The van der Waals surface area contributed by atoms with Gasteiger partial charge >= 0.3 is 0 Å². The van der Waals surface area contributed by atoms with Crippen LogP contribution in [0.2, 0.25) is 0 Å². The fraction of sp³-hybridized carbons (Fsp3) is 0.346. The van der Waals surface area contributed by atoms with E-state index in [9.17, 15) is 10.4 Å². The number of pyridine rings is 1. The Morgan fingerprint density at radius 1 is 1.26 bits per heavy atom. The fourth-order valence-electron chi connectivity index (χ4n) is 4.14. The lowest BCUT2D eigenvalue weighted by molar-refractivity contribution is 0.237. The molecule has 0 amide bonds. The number of hydrogen-bond acceptors (Lipinski definition) is 7. The first kappa shape index (κ1) is 23.5. The van der Waals surface area contributed by atoms with Gasteiger partial charge < -0.3 is 25.6 Å². The fourth-order valence-corrected chi connectivity index (χ4v) is 4.14. The molecule has 0 spiro atoms. The van der Waals surface area contributed by atoms with Crippen molar-refractivity contribution in [3.8, 4) is 17.2 Å². The second kappa shape index (κ2) is 10.5. The number of rotatable bonds is 8. The third-order valence-electron chi connectivity index (χ3n) is 6.30. The SMILES string of the molecule is CC(CO)CN/C=C(\C=N)c1cc(-c2ccc(N3CCN(C)CC3)cc2)c2c(C#N)cnn2c1. The van der Waals surface area contributed by atoms with E-state index in [1.807, 2.05) is 19.2 Å². The number of piperazine rings is 1. The first-order valence-electron chi connectivity index (χ1n) is 11.5. The van der Waals surface area contributed by atoms with Gasteiger partial charge in [0, 0.05) is 80.3 Å². The highest BCUT2D eigenvalue weighted by atomic mass is 16.3. The first-order chi connectivity index (χ1) is 16.5. The Bertz CT molecular complexity index is 1210.